The molecule has 5 rings (SSSR count). The maximum Gasteiger partial charge on any atom is 0.167 e. The molecule has 8 heteroatoms. The minimum Gasteiger partial charge on any atom is -0.388 e. The van der Waals surface area contributed by atoms with E-state index >= 15 is 4.39 Å². The lowest BCUT2D eigenvalue weighted by atomic mass is 9.90. The predicted octanol–water partition coefficient (Wildman–Crippen LogP) is 8.11. The molecule has 3 nitrogen and oxygen atoms in total. The van der Waals surface area contributed by atoms with E-state index in [1.165, 1.54) is 36.4 Å². The summed E-state index contributed by atoms with van der Waals surface area (Å²) in [5.74, 6) is -4.85. The van der Waals surface area contributed by atoms with Crippen LogP contribution in [0.15, 0.2) is 48.5 Å². The second kappa shape index (κ2) is 11.6. The molecule has 3 atom stereocenters. The summed E-state index contributed by atoms with van der Waals surface area (Å²) < 4.78 is 83.9. The van der Waals surface area contributed by atoms with Gasteiger partial charge in [-0.05, 0) is 42.9 Å². The number of hydrogen-bond donors (Lipinski definition) is 1. The zero-order valence-electron chi connectivity index (χ0n) is 21.5. The Balaban J connectivity index is 1.23. The average molecular weight is 545 g/mol. The van der Waals surface area contributed by atoms with E-state index in [0.717, 1.165) is 5.57 Å². The fourth-order valence-electron chi connectivity index (χ4n) is 5.02. The van der Waals surface area contributed by atoms with E-state index < -0.39 is 41.3 Å². The van der Waals surface area contributed by atoms with Crippen molar-refractivity contribution in [3.63, 3.8) is 0 Å². The molecular formula is C31H29F5O3. The van der Waals surface area contributed by atoms with Crippen molar-refractivity contribution in [2.24, 2.45) is 0 Å². The van der Waals surface area contributed by atoms with E-state index in [1.807, 2.05) is 13.0 Å². The van der Waals surface area contributed by atoms with Crippen molar-refractivity contribution in [3.05, 3.63) is 99.9 Å². The fraction of sp³-hybridized carbons (Fsp3) is 0.355. The summed E-state index contributed by atoms with van der Waals surface area (Å²) in [7, 11) is 0. The van der Waals surface area contributed by atoms with Crippen molar-refractivity contribution in [1.29, 1.82) is 0 Å². The lowest BCUT2D eigenvalue weighted by Gasteiger charge is -2.23. The summed E-state index contributed by atoms with van der Waals surface area (Å²) in [4.78, 5) is 0. The van der Waals surface area contributed by atoms with Gasteiger partial charge < -0.3 is 14.6 Å². The third kappa shape index (κ3) is 5.78. The minimum absolute atomic E-state index is 0.0291. The van der Waals surface area contributed by atoms with Crippen LogP contribution in [-0.4, -0.2) is 17.8 Å². The van der Waals surface area contributed by atoms with Crippen LogP contribution in [0, 0.1) is 29.1 Å². The van der Waals surface area contributed by atoms with Gasteiger partial charge in [0.05, 0.1) is 25.4 Å². The molecule has 0 radical (unpaired) electrons. The predicted molar refractivity (Wildman–Crippen MR) is 137 cm³/mol. The van der Waals surface area contributed by atoms with E-state index in [-0.39, 0.29) is 40.5 Å². The van der Waals surface area contributed by atoms with Gasteiger partial charge in [-0.3, -0.25) is 0 Å². The Morgan fingerprint density at radius 1 is 0.949 bits per heavy atom. The van der Waals surface area contributed by atoms with Crippen molar-refractivity contribution < 1.29 is 36.5 Å². The normalized spacial score (nSPS) is 19.6. The average Bonchev–Trinajstić information content (AvgIpc) is 3.77. The number of aliphatic hydroxyl groups excluding tert-OH is 1. The van der Waals surface area contributed by atoms with E-state index in [4.69, 9.17) is 9.47 Å². The summed E-state index contributed by atoms with van der Waals surface area (Å²) in [6, 6.07) is 10.0. The fourth-order valence-corrected chi connectivity index (χ4v) is 5.02. The Kier molecular flexibility index (Phi) is 8.16. The van der Waals surface area contributed by atoms with Crippen molar-refractivity contribution in [2.45, 2.75) is 63.9 Å². The van der Waals surface area contributed by atoms with Gasteiger partial charge >= 0.3 is 0 Å². The molecule has 0 bridgehead atoms. The smallest absolute Gasteiger partial charge is 0.167 e. The summed E-state index contributed by atoms with van der Waals surface area (Å²) in [6.45, 7) is 2.08. The van der Waals surface area contributed by atoms with Gasteiger partial charge in [-0.1, -0.05) is 55.8 Å². The molecule has 39 heavy (non-hydrogen) atoms. The second-order valence-electron chi connectivity index (χ2n) is 10.0. The first-order chi connectivity index (χ1) is 18.8. The number of allylic oxidation sites excluding steroid dienone is 1. The SMILES string of the molecule is CCCC(O)c1ccc(COC2CC=C(c3ccc(-c4ccc(C5CO5)c(F)c4F)c(F)c3)CC2)c(F)c1F. The van der Waals surface area contributed by atoms with E-state index in [9.17, 15) is 22.7 Å². The molecule has 3 aromatic rings. The van der Waals surface area contributed by atoms with Crippen LogP contribution in [0.5, 0.6) is 0 Å². The molecule has 3 aromatic carbocycles. The molecule has 0 saturated carbocycles. The molecule has 1 heterocycles. The van der Waals surface area contributed by atoms with Gasteiger partial charge in [0.1, 0.15) is 11.9 Å². The van der Waals surface area contributed by atoms with Crippen molar-refractivity contribution in [1.82, 2.24) is 0 Å². The third-order valence-electron chi connectivity index (χ3n) is 7.37. The quantitative estimate of drug-likeness (QED) is 0.219. The van der Waals surface area contributed by atoms with Crippen LogP contribution < -0.4 is 0 Å². The monoisotopic (exact) mass is 544 g/mol. The Hall–Kier alpha value is -3.07. The van der Waals surface area contributed by atoms with Gasteiger partial charge in [-0.15, -0.1) is 0 Å². The topological polar surface area (TPSA) is 42.0 Å². The molecule has 1 aliphatic carbocycles. The summed E-state index contributed by atoms with van der Waals surface area (Å²) >= 11 is 0. The molecule has 1 N–H and O–H groups in total. The maximum absolute atomic E-state index is 15.0. The first kappa shape index (κ1) is 27.5. The number of aliphatic hydroxyl groups is 1. The first-order valence-corrected chi connectivity index (χ1v) is 13.1. The third-order valence-corrected chi connectivity index (χ3v) is 7.37. The molecular weight excluding hydrogens is 515 g/mol. The largest absolute Gasteiger partial charge is 0.388 e. The molecule has 206 valence electrons. The Labute approximate surface area is 223 Å². The van der Waals surface area contributed by atoms with Crippen LogP contribution in [0.4, 0.5) is 22.0 Å². The number of ether oxygens (including phenoxy) is 2. The van der Waals surface area contributed by atoms with Gasteiger partial charge in [0, 0.05) is 27.8 Å². The standard InChI is InChI=1S/C31H29F5O3/c1-2-3-26(37)23-11-7-19(28(33)30(23)35)15-38-20-8-4-17(5-9-20)18-6-10-21(25(32)14-18)22-12-13-24(27-16-39-27)31(36)29(22)34/h4,6-7,10-14,20,26-27,37H,2-3,5,8-9,15-16H2,1H3. The molecule has 2 aliphatic rings. The van der Waals surface area contributed by atoms with E-state index in [1.54, 1.807) is 6.07 Å². The van der Waals surface area contributed by atoms with Crippen LogP contribution in [0.25, 0.3) is 16.7 Å². The minimum atomic E-state index is -1.10. The zero-order valence-corrected chi connectivity index (χ0v) is 21.5. The van der Waals surface area contributed by atoms with Crippen LogP contribution in [0.2, 0.25) is 0 Å². The molecule has 1 fully saturated rings. The molecule has 1 saturated heterocycles. The van der Waals surface area contributed by atoms with Gasteiger partial charge in [-0.2, -0.15) is 0 Å². The lowest BCUT2D eigenvalue weighted by Crippen LogP contribution is -2.16. The summed E-state index contributed by atoms with van der Waals surface area (Å²) in [6.07, 6.45) is 2.84. The zero-order chi connectivity index (χ0) is 27.7. The number of rotatable bonds is 9. The number of benzene rings is 3. The lowest BCUT2D eigenvalue weighted by molar-refractivity contribution is 0.0341. The van der Waals surface area contributed by atoms with Crippen LogP contribution in [0.1, 0.15) is 73.5 Å². The van der Waals surface area contributed by atoms with Crippen molar-refractivity contribution >= 4 is 5.57 Å². The summed E-state index contributed by atoms with van der Waals surface area (Å²) in [5, 5.41) is 10.0. The highest BCUT2D eigenvalue weighted by Gasteiger charge is 2.30. The molecule has 0 aromatic heterocycles. The maximum atomic E-state index is 15.0. The Bertz CT molecular complexity index is 1400. The van der Waals surface area contributed by atoms with Gasteiger partial charge in [0.25, 0.3) is 0 Å². The summed E-state index contributed by atoms with van der Waals surface area (Å²) in [5.41, 5.74) is 1.50. The van der Waals surface area contributed by atoms with Crippen molar-refractivity contribution in [2.75, 3.05) is 6.61 Å². The first-order valence-electron chi connectivity index (χ1n) is 13.1. The van der Waals surface area contributed by atoms with Gasteiger partial charge in [0.15, 0.2) is 23.3 Å². The molecule has 0 spiro atoms. The second-order valence-corrected chi connectivity index (χ2v) is 10.0. The highest BCUT2D eigenvalue weighted by Crippen LogP contribution is 2.37. The highest BCUT2D eigenvalue weighted by molar-refractivity contribution is 5.72. The number of epoxide rings is 1. The highest BCUT2D eigenvalue weighted by atomic mass is 19.2. The van der Waals surface area contributed by atoms with Crippen LogP contribution >= 0.6 is 0 Å². The van der Waals surface area contributed by atoms with Crippen LogP contribution in [0.3, 0.4) is 0 Å². The Morgan fingerprint density at radius 2 is 1.72 bits per heavy atom. The molecule has 3 unspecified atom stereocenters. The Morgan fingerprint density at radius 3 is 2.38 bits per heavy atom. The van der Waals surface area contributed by atoms with Crippen LogP contribution in [-0.2, 0) is 16.1 Å². The van der Waals surface area contributed by atoms with E-state index in [0.29, 0.717) is 44.3 Å². The number of hydrogen-bond acceptors (Lipinski definition) is 3. The molecule has 1 aliphatic heterocycles. The molecule has 0 amide bonds. The number of halogens is 5. The van der Waals surface area contributed by atoms with Gasteiger partial charge in [-0.25, -0.2) is 22.0 Å². The van der Waals surface area contributed by atoms with E-state index in [2.05, 4.69) is 0 Å². The van der Waals surface area contributed by atoms with Crippen molar-refractivity contribution in [3.8, 4) is 11.1 Å². The van der Waals surface area contributed by atoms with Gasteiger partial charge in [0.2, 0.25) is 0 Å².